The van der Waals surface area contributed by atoms with Crippen molar-refractivity contribution in [3.63, 3.8) is 0 Å². The molecule has 136 valence electrons. The van der Waals surface area contributed by atoms with Crippen LogP contribution < -0.4 is 16.0 Å². The third-order valence-electron chi connectivity index (χ3n) is 3.87. The Morgan fingerprint density at radius 2 is 1.70 bits per heavy atom. The molecule has 1 heterocycles. The lowest BCUT2D eigenvalue weighted by atomic mass is 10.1. The van der Waals surface area contributed by atoms with E-state index in [2.05, 4.69) is 10.3 Å². The van der Waals surface area contributed by atoms with Crippen LogP contribution in [-0.2, 0) is 0 Å². The number of anilines is 2. The maximum Gasteiger partial charge on any atom is 0.394 e. The molecule has 3 rings (SSSR count). The largest absolute Gasteiger partial charge is 0.394 e. The average molecular weight is 377 g/mol. The van der Waals surface area contributed by atoms with Gasteiger partial charge in [0.15, 0.2) is 5.69 Å². The molecule has 6 heteroatoms. The van der Waals surface area contributed by atoms with Crippen LogP contribution in [-0.4, -0.2) is 17.0 Å². The molecule has 1 aromatic heterocycles. The van der Waals surface area contributed by atoms with E-state index in [1.165, 1.54) is 11.8 Å². The molecular formula is C21H22N5S+. The predicted octanol–water partition coefficient (Wildman–Crippen LogP) is 4.42. The molecule has 0 bridgehead atoms. The number of nitrogens with zero attached hydrogens (tertiary/aromatic N) is 2. The lowest BCUT2D eigenvalue weighted by molar-refractivity contribution is -0.364. The number of nitrogens with two attached hydrogens (primary N) is 1. The molecule has 3 aromatic rings. The molecule has 2 aromatic carbocycles. The smallest absolute Gasteiger partial charge is 0.393 e. The first-order valence-corrected chi connectivity index (χ1v) is 9.75. The number of aliphatic imine (C=N–C) groups is 1. The maximum atomic E-state index is 6.30. The summed E-state index contributed by atoms with van der Waals surface area (Å²) in [7, 11) is 0. The van der Waals surface area contributed by atoms with Gasteiger partial charge in [-0.3, -0.25) is 4.99 Å². The number of H-pyrrole nitrogens is 1. The number of hydrogen-bond acceptors (Lipinski definition) is 5. The first-order valence-electron chi connectivity index (χ1n) is 8.53. The van der Waals surface area contributed by atoms with Crippen molar-refractivity contribution in [3.8, 4) is 0 Å². The van der Waals surface area contributed by atoms with Crippen LogP contribution in [0.4, 0.5) is 17.3 Å². The summed E-state index contributed by atoms with van der Waals surface area (Å²) in [5, 5.41) is 3.95. The van der Waals surface area contributed by atoms with Crippen molar-refractivity contribution in [2.45, 2.75) is 6.92 Å². The van der Waals surface area contributed by atoms with Gasteiger partial charge < -0.3 is 5.73 Å². The van der Waals surface area contributed by atoms with E-state index in [-0.39, 0.29) is 0 Å². The number of nitrogens with one attached hydrogen (secondary N) is 2. The molecule has 0 spiro atoms. The Bertz CT molecular complexity index is 953. The van der Waals surface area contributed by atoms with E-state index in [4.69, 9.17) is 15.7 Å². The van der Waals surface area contributed by atoms with E-state index in [0.29, 0.717) is 11.0 Å². The van der Waals surface area contributed by atoms with E-state index in [1.54, 1.807) is 0 Å². The van der Waals surface area contributed by atoms with Crippen LogP contribution in [0.3, 0.4) is 0 Å². The molecule has 0 aliphatic rings. The lowest BCUT2D eigenvalue weighted by Crippen LogP contribution is -2.15. The minimum atomic E-state index is 0.637. The van der Waals surface area contributed by atoms with Crippen molar-refractivity contribution >= 4 is 40.4 Å². The number of rotatable bonds is 6. The summed E-state index contributed by atoms with van der Waals surface area (Å²) in [5.41, 5.74) is 10.5. The van der Waals surface area contributed by atoms with Crippen molar-refractivity contribution < 1.29 is 4.98 Å². The van der Waals surface area contributed by atoms with Gasteiger partial charge in [-0.25, -0.2) is 10.3 Å². The Balaban J connectivity index is 1.97. The summed E-state index contributed by atoms with van der Waals surface area (Å²) < 4.78 is 0. The Labute approximate surface area is 163 Å². The van der Waals surface area contributed by atoms with Crippen molar-refractivity contribution in [2.24, 2.45) is 10.7 Å². The minimum absolute atomic E-state index is 0.637. The van der Waals surface area contributed by atoms with Crippen LogP contribution in [0.15, 0.2) is 82.9 Å². The molecule has 0 radical (unpaired) electrons. The van der Waals surface area contributed by atoms with Gasteiger partial charge in [-0.15, -0.1) is 11.8 Å². The zero-order valence-corrected chi connectivity index (χ0v) is 16.1. The summed E-state index contributed by atoms with van der Waals surface area (Å²) in [6.07, 6.45) is 3.79. The van der Waals surface area contributed by atoms with E-state index in [0.717, 1.165) is 28.4 Å². The number of para-hydroxylation sites is 2. The second kappa shape index (κ2) is 9.00. The third kappa shape index (κ3) is 4.95. The highest BCUT2D eigenvalue weighted by atomic mass is 32.2. The molecular weight excluding hydrogens is 354 g/mol. The van der Waals surface area contributed by atoms with Gasteiger partial charge >= 0.3 is 5.95 Å². The number of aromatic amines is 1. The number of hydrogen-bond donors (Lipinski definition) is 2. The molecule has 0 fully saturated rings. The van der Waals surface area contributed by atoms with Gasteiger partial charge in [0, 0.05) is 6.07 Å². The van der Waals surface area contributed by atoms with Gasteiger partial charge in [0.1, 0.15) is 0 Å². The van der Waals surface area contributed by atoms with Crippen molar-refractivity contribution in [3.05, 3.63) is 83.6 Å². The molecule has 27 heavy (non-hydrogen) atoms. The van der Waals surface area contributed by atoms with Gasteiger partial charge in [0.25, 0.3) is 0 Å². The van der Waals surface area contributed by atoms with Crippen LogP contribution in [0.1, 0.15) is 12.6 Å². The highest BCUT2D eigenvalue weighted by Gasteiger charge is 2.17. The molecule has 0 aliphatic heterocycles. The summed E-state index contributed by atoms with van der Waals surface area (Å²) in [6, 6.07) is 21.6. The molecule has 4 N–H and O–H groups in total. The predicted molar refractivity (Wildman–Crippen MR) is 114 cm³/mol. The van der Waals surface area contributed by atoms with Gasteiger partial charge in [-0.1, -0.05) is 41.4 Å². The van der Waals surface area contributed by atoms with Crippen molar-refractivity contribution in [2.75, 3.05) is 11.6 Å². The Hall–Kier alpha value is -3.12. The van der Waals surface area contributed by atoms with Crippen molar-refractivity contribution in [1.29, 1.82) is 0 Å². The fourth-order valence-electron chi connectivity index (χ4n) is 2.60. The van der Waals surface area contributed by atoms with Gasteiger partial charge in [0.05, 0.1) is 33.9 Å². The van der Waals surface area contributed by atoms with E-state index in [1.807, 2.05) is 86.1 Å². The fourth-order valence-corrected chi connectivity index (χ4v) is 3.05. The van der Waals surface area contributed by atoms with Gasteiger partial charge in [-0.2, -0.15) is 0 Å². The normalized spacial score (nSPS) is 12.4. The zero-order chi connectivity index (χ0) is 19.1. The number of allylic oxidation sites excluding steroid dienone is 1. The summed E-state index contributed by atoms with van der Waals surface area (Å²) >= 11 is 1.48. The van der Waals surface area contributed by atoms with Crippen LogP contribution in [0.5, 0.6) is 0 Å². The molecule has 5 nitrogen and oxygen atoms in total. The quantitative estimate of drug-likeness (QED) is 0.624. The molecule has 0 atom stereocenters. The Kier molecular flexibility index (Phi) is 6.22. The van der Waals surface area contributed by atoms with Gasteiger partial charge in [-0.05, 0) is 37.4 Å². The highest BCUT2D eigenvalue weighted by Crippen LogP contribution is 2.24. The molecule has 0 unspecified atom stereocenters. The number of thioether (sulfide) groups is 1. The Morgan fingerprint density at radius 1 is 1.04 bits per heavy atom. The maximum absolute atomic E-state index is 6.30. The standard InChI is InChI=1S/C21H21N5S/c1-15(24-16-9-5-3-6-10-16)19(20(22)27-2)18-13-14-23-21(26-18)25-17-11-7-4-8-12-17/h3-14H,22H2,1-2H3,(H,23,25,26)/p+1. The Morgan fingerprint density at radius 3 is 2.37 bits per heavy atom. The van der Waals surface area contributed by atoms with Crippen LogP contribution in [0.2, 0.25) is 0 Å². The molecule has 0 amide bonds. The SMILES string of the molecule is CSC(N)=C(C(C)=Nc1ccccc1)c1cc[nH+]c(Nc2ccccc2)n1. The third-order valence-corrected chi connectivity index (χ3v) is 4.51. The van der Waals surface area contributed by atoms with E-state index >= 15 is 0 Å². The summed E-state index contributed by atoms with van der Waals surface area (Å²) in [4.78, 5) is 12.5. The van der Waals surface area contributed by atoms with Crippen LogP contribution >= 0.6 is 11.8 Å². The second-order valence-electron chi connectivity index (χ2n) is 5.79. The van der Waals surface area contributed by atoms with Gasteiger partial charge in [0.2, 0.25) is 0 Å². The lowest BCUT2D eigenvalue weighted by Gasteiger charge is -2.09. The number of benzene rings is 2. The van der Waals surface area contributed by atoms with E-state index in [9.17, 15) is 0 Å². The first-order chi connectivity index (χ1) is 13.2. The molecule has 0 saturated carbocycles. The first kappa shape index (κ1) is 18.7. The van der Waals surface area contributed by atoms with E-state index < -0.39 is 0 Å². The summed E-state index contributed by atoms with van der Waals surface area (Å²) in [6.45, 7) is 1.95. The minimum Gasteiger partial charge on any atom is -0.393 e. The van der Waals surface area contributed by atoms with Crippen LogP contribution in [0.25, 0.3) is 5.57 Å². The van der Waals surface area contributed by atoms with Crippen molar-refractivity contribution in [1.82, 2.24) is 4.98 Å². The topological polar surface area (TPSA) is 77.4 Å². The zero-order valence-electron chi connectivity index (χ0n) is 15.3. The summed E-state index contributed by atoms with van der Waals surface area (Å²) in [5.74, 6) is 0.637. The molecule has 0 saturated heterocycles. The highest BCUT2D eigenvalue weighted by molar-refractivity contribution is 8.02. The number of aromatic nitrogens is 2. The second-order valence-corrected chi connectivity index (χ2v) is 6.64. The fraction of sp³-hybridized carbons (Fsp3) is 0.0952. The monoisotopic (exact) mass is 376 g/mol. The van der Waals surface area contributed by atoms with Crippen LogP contribution in [0, 0.1) is 0 Å². The molecule has 0 aliphatic carbocycles. The average Bonchev–Trinajstić information content (AvgIpc) is 2.70.